The fourth-order valence-corrected chi connectivity index (χ4v) is 2.34. The van der Waals surface area contributed by atoms with Gasteiger partial charge in [-0.1, -0.05) is 23.7 Å². The summed E-state index contributed by atoms with van der Waals surface area (Å²) in [5.74, 6) is 0.818. The fourth-order valence-electron chi connectivity index (χ4n) is 2.16. The zero-order valence-corrected chi connectivity index (χ0v) is 12.0. The molecule has 2 rings (SSSR count). The monoisotopic (exact) mass is 276 g/mol. The normalized spacial score (nSPS) is 12.3. The van der Waals surface area contributed by atoms with Gasteiger partial charge in [-0.3, -0.25) is 0 Å². The van der Waals surface area contributed by atoms with Gasteiger partial charge in [-0.2, -0.15) is 0 Å². The van der Waals surface area contributed by atoms with Crippen molar-refractivity contribution in [3.63, 3.8) is 0 Å². The number of halogens is 1. The lowest BCUT2D eigenvalue weighted by atomic mass is 9.96. The van der Waals surface area contributed by atoms with E-state index in [-0.39, 0.29) is 0 Å². The number of ether oxygens (including phenoxy) is 1. The van der Waals surface area contributed by atoms with E-state index in [9.17, 15) is 5.11 Å². The number of hydrogen-bond acceptors (Lipinski definition) is 2. The third-order valence-electron chi connectivity index (χ3n) is 3.27. The van der Waals surface area contributed by atoms with Crippen LogP contribution in [0.2, 0.25) is 5.02 Å². The molecule has 0 heterocycles. The van der Waals surface area contributed by atoms with Crippen LogP contribution in [0.1, 0.15) is 28.4 Å². The Bertz CT molecular complexity index is 593. The summed E-state index contributed by atoms with van der Waals surface area (Å²) in [5, 5.41) is 11.1. The van der Waals surface area contributed by atoms with Gasteiger partial charge in [-0.25, -0.2) is 0 Å². The van der Waals surface area contributed by atoms with Crippen LogP contribution < -0.4 is 4.74 Å². The second-order valence-electron chi connectivity index (χ2n) is 4.63. The molecule has 0 saturated heterocycles. The highest BCUT2D eigenvalue weighted by Gasteiger charge is 2.14. The Balaban J connectivity index is 2.41. The number of hydrogen-bond donors (Lipinski definition) is 1. The highest BCUT2D eigenvalue weighted by atomic mass is 35.5. The van der Waals surface area contributed by atoms with Crippen LogP contribution in [0, 0.1) is 13.8 Å². The second kappa shape index (κ2) is 5.64. The molecule has 0 radical (unpaired) electrons. The topological polar surface area (TPSA) is 29.5 Å². The molecule has 0 aromatic heterocycles. The fraction of sp³-hybridized carbons (Fsp3) is 0.250. The molecular weight excluding hydrogens is 260 g/mol. The van der Waals surface area contributed by atoms with Gasteiger partial charge in [0.2, 0.25) is 0 Å². The molecule has 0 fully saturated rings. The van der Waals surface area contributed by atoms with Crippen molar-refractivity contribution in [1.82, 2.24) is 0 Å². The molecule has 0 aliphatic carbocycles. The number of aryl methyl sites for hydroxylation is 2. The summed E-state index contributed by atoms with van der Waals surface area (Å²) in [5.41, 5.74) is 3.69. The Morgan fingerprint density at radius 1 is 1.05 bits per heavy atom. The standard InChI is InChI=1S/C16H17ClO2/c1-10-4-6-13(17)9-14(10)16(18)12-5-7-15(19-3)11(2)8-12/h4-9,16,18H,1-3H3. The van der Waals surface area contributed by atoms with E-state index in [1.54, 1.807) is 13.2 Å². The third kappa shape index (κ3) is 2.91. The summed E-state index contributed by atoms with van der Waals surface area (Å²) in [6, 6.07) is 11.2. The van der Waals surface area contributed by atoms with Crippen molar-refractivity contribution in [2.45, 2.75) is 20.0 Å². The van der Waals surface area contributed by atoms with Gasteiger partial charge in [-0.05, 0) is 60.4 Å². The van der Waals surface area contributed by atoms with Crippen molar-refractivity contribution in [1.29, 1.82) is 0 Å². The van der Waals surface area contributed by atoms with Crippen LogP contribution in [0.5, 0.6) is 5.75 Å². The smallest absolute Gasteiger partial charge is 0.121 e. The maximum absolute atomic E-state index is 10.5. The molecule has 100 valence electrons. The van der Waals surface area contributed by atoms with E-state index in [1.807, 2.05) is 44.2 Å². The minimum absolute atomic E-state index is 0.630. The van der Waals surface area contributed by atoms with Crippen LogP contribution in [0.4, 0.5) is 0 Å². The van der Waals surface area contributed by atoms with E-state index in [0.29, 0.717) is 5.02 Å². The van der Waals surface area contributed by atoms with Gasteiger partial charge in [0.25, 0.3) is 0 Å². The number of rotatable bonds is 3. The summed E-state index contributed by atoms with van der Waals surface area (Å²) in [4.78, 5) is 0. The number of aliphatic hydroxyl groups is 1. The molecule has 0 aliphatic heterocycles. The van der Waals surface area contributed by atoms with Gasteiger partial charge < -0.3 is 9.84 Å². The van der Waals surface area contributed by atoms with Crippen LogP contribution in [0.25, 0.3) is 0 Å². The van der Waals surface area contributed by atoms with E-state index in [0.717, 1.165) is 28.0 Å². The molecule has 19 heavy (non-hydrogen) atoms. The molecule has 2 aromatic carbocycles. The second-order valence-corrected chi connectivity index (χ2v) is 5.07. The van der Waals surface area contributed by atoms with Crippen LogP contribution in [0.15, 0.2) is 36.4 Å². The number of aliphatic hydroxyl groups excluding tert-OH is 1. The minimum atomic E-state index is -0.677. The first kappa shape index (κ1) is 13.9. The third-order valence-corrected chi connectivity index (χ3v) is 3.51. The molecule has 1 N–H and O–H groups in total. The lowest BCUT2D eigenvalue weighted by Gasteiger charge is -2.16. The highest BCUT2D eigenvalue weighted by Crippen LogP contribution is 2.29. The minimum Gasteiger partial charge on any atom is -0.496 e. The number of benzene rings is 2. The van der Waals surface area contributed by atoms with Crippen LogP contribution >= 0.6 is 11.6 Å². The predicted molar refractivity (Wildman–Crippen MR) is 78.0 cm³/mol. The summed E-state index contributed by atoms with van der Waals surface area (Å²) in [6.45, 7) is 3.92. The number of methoxy groups -OCH3 is 1. The lowest BCUT2D eigenvalue weighted by molar-refractivity contribution is 0.219. The van der Waals surface area contributed by atoms with Gasteiger partial charge in [-0.15, -0.1) is 0 Å². The van der Waals surface area contributed by atoms with Crippen LogP contribution in [0.3, 0.4) is 0 Å². The van der Waals surface area contributed by atoms with Crippen LogP contribution in [-0.2, 0) is 0 Å². The first-order valence-electron chi connectivity index (χ1n) is 6.11. The molecule has 0 saturated carbocycles. The van der Waals surface area contributed by atoms with E-state index >= 15 is 0 Å². The molecular formula is C16H17ClO2. The Morgan fingerprint density at radius 3 is 2.42 bits per heavy atom. The summed E-state index contributed by atoms with van der Waals surface area (Å²) in [7, 11) is 1.64. The van der Waals surface area contributed by atoms with E-state index in [4.69, 9.17) is 16.3 Å². The highest BCUT2D eigenvalue weighted by molar-refractivity contribution is 6.30. The van der Waals surface area contributed by atoms with Crippen molar-refractivity contribution in [3.8, 4) is 5.75 Å². The quantitative estimate of drug-likeness (QED) is 0.916. The first-order chi connectivity index (χ1) is 9.02. The SMILES string of the molecule is COc1ccc(C(O)c2cc(Cl)ccc2C)cc1C. The molecule has 0 amide bonds. The lowest BCUT2D eigenvalue weighted by Crippen LogP contribution is -2.03. The summed E-state index contributed by atoms with van der Waals surface area (Å²) >= 11 is 6.00. The van der Waals surface area contributed by atoms with Crippen molar-refractivity contribution >= 4 is 11.6 Å². The van der Waals surface area contributed by atoms with Gasteiger partial charge in [0.15, 0.2) is 0 Å². The molecule has 3 heteroatoms. The Labute approximate surface area is 118 Å². The average molecular weight is 277 g/mol. The first-order valence-corrected chi connectivity index (χ1v) is 6.49. The van der Waals surface area contributed by atoms with Gasteiger partial charge in [0.1, 0.15) is 11.9 Å². The van der Waals surface area contributed by atoms with Crippen LogP contribution in [-0.4, -0.2) is 12.2 Å². The molecule has 0 spiro atoms. The predicted octanol–water partition coefficient (Wildman–Crippen LogP) is 4.05. The Morgan fingerprint density at radius 2 is 1.79 bits per heavy atom. The maximum atomic E-state index is 10.5. The average Bonchev–Trinajstić information content (AvgIpc) is 2.40. The van der Waals surface area contributed by atoms with Gasteiger partial charge >= 0.3 is 0 Å². The van der Waals surface area contributed by atoms with Crippen molar-refractivity contribution in [3.05, 3.63) is 63.7 Å². The van der Waals surface area contributed by atoms with Gasteiger partial charge in [0, 0.05) is 5.02 Å². The maximum Gasteiger partial charge on any atom is 0.121 e. The zero-order chi connectivity index (χ0) is 14.0. The van der Waals surface area contributed by atoms with Gasteiger partial charge in [0.05, 0.1) is 7.11 Å². The largest absolute Gasteiger partial charge is 0.496 e. The molecule has 2 aromatic rings. The molecule has 1 atom stereocenters. The Hall–Kier alpha value is -1.51. The van der Waals surface area contributed by atoms with E-state index in [1.165, 1.54) is 0 Å². The molecule has 0 aliphatic rings. The zero-order valence-electron chi connectivity index (χ0n) is 11.3. The Kier molecular flexibility index (Phi) is 4.13. The summed E-state index contributed by atoms with van der Waals surface area (Å²) in [6.07, 6.45) is -0.677. The van der Waals surface area contributed by atoms with Crippen molar-refractivity contribution in [2.75, 3.05) is 7.11 Å². The van der Waals surface area contributed by atoms with E-state index < -0.39 is 6.10 Å². The van der Waals surface area contributed by atoms with E-state index in [2.05, 4.69) is 0 Å². The summed E-state index contributed by atoms with van der Waals surface area (Å²) < 4.78 is 5.23. The van der Waals surface area contributed by atoms with Crippen molar-refractivity contribution < 1.29 is 9.84 Å². The molecule has 0 bridgehead atoms. The molecule has 2 nitrogen and oxygen atoms in total. The van der Waals surface area contributed by atoms with Crippen molar-refractivity contribution in [2.24, 2.45) is 0 Å². The molecule has 1 unspecified atom stereocenters.